The van der Waals surface area contributed by atoms with Gasteiger partial charge in [0, 0.05) is 15.2 Å². The number of fused-ring (bicyclic) bond motifs is 2. The smallest absolute Gasteiger partial charge is 0.0207 e. The molecule has 0 unspecified atom stereocenters. The molecular formula is C47H42S. The van der Waals surface area contributed by atoms with Crippen LogP contribution in [0.25, 0.3) is 67.4 Å². The maximum absolute atomic E-state index is 2.42. The van der Waals surface area contributed by atoms with Crippen LogP contribution >= 0.6 is 11.8 Å². The third-order valence-electron chi connectivity index (χ3n) is 9.44. The molecule has 0 fully saturated rings. The first-order valence-corrected chi connectivity index (χ1v) is 18.0. The Labute approximate surface area is 290 Å². The fourth-order valence-corrected chi connectivity index (χ4v) is 7.98. The van der Waals surface area contributed by atoms with Crippen molar-refractivity contribution >= 4 is 34.7 Å². The Morgan fingerprint density at radius 3 is 2.12 bits per heavy atom. The second kappa shape index (κ2) is 13.7. The summed E-state index contributed by atoms with van der Waals surface area (Å²) < 4.78 is 0. The average molecular weight is 639 g/mol. The van der Waals surface area contributed by atoms with Crippen molar-refractivity contribution in [2.45, 2.75) is 50.8 Å². The van der Waals surface area contributed by atoms with Gasteiger partial charge >= 0.3 is 0 Å². The zero-order chi connectivity index (χ0) is 33.2. The van der Waals surface area contributed by atoms with E-state index in [2.05, 4.69) is 180 Å². The molecule has 0 bridgehead atoms. The molecule has 0 nitrogen and oxygen atoms in total. The highest BCUT2D eigenvalue weighted by molar-refractivity contribution is 7.99. The van der Waals surface area contributed by atoms with Crippen molar-refractivity contribution in [1.82, 2.24) is 0 Å². The molecular weight excluding hydrogens is 597 g/mol. The van der Waals surface area contributed by atoms with Gasteiger partial charge in [0.15, 0.2) is 0 Å². The van der Waals surface area contributed by atoms with E-state index in [-0.39, 0.29) is 0 Å². The van der Waals surface area contributed by atoms with E-state index in [0.717, 1.165) is 6.42 Å². The fourth-order valence-electron chi connectivity index (χ4n) is 6.85. The quantitative estimate of drug-likeness (QED) is 0.149. The first kappa shape index (κ1) is 31.7. The van der Waals surface area contributed by atoms with Crippen LogP contribution in [0, 0.1) is 5.92 Å². The normalized spacial score (nSPS) is 12.8. The molecule has 7 rings (SSSR count). The van der Waals surface area contributed by atoms with Crippen LogP contribution < -0.4 is 0 Å². The Morgan fingerprint density at radius 1 is 0.646 bits per heavy atom. The monoisotopic (exact) mass is 638 g/mol. The minimum Gasteiger partial charge on any atom is -0.0888 e. The van der Waals surface area contributed by atoms with E-state index < -0.39 is 0 Å². The topological polar surface area (TPSA) is 0 Å². The van der Waals surface area contributed by atoms with Crippen molar-refractivity contribution in [3.8, 4) is 44.5 Å². The first-order valence-electron chi connectivity index (χ1n) is 17.1. The van der Waals surface area contributed by atoms with Gasteiger partial charge in [-0.1, -0.05) is 153 Å². The molecule has 48 heavy (non-hydrogen) atoms. The summed E-state index contributed by atoms with van der Waals surface area (Å²) in [5.74, 6) is 0.498. The predicted octanol–water partition coefficient (Wildman–Crippen LogP) is 14.2. The fraction of sp³-hybridized carbons (Fsp3) is 0.149. The van der Waals surface area contributed by atoms with Crippen molar-refractivity contribution in [2.75, 3.05) is 0 Å². The number of hydrogen-bond acceptors (Lipinski definition) is 1. The number of hydrogen-bond donors (Lipinski definition) is 0. The lowest BCUT2D eigenvalue weighted by atomic mass is 9.86. The van der Waals surface area contributed by atoms with Crippen molar-refractivity contribution < 1.29 is 0 Å². The molecule has 0 radical (unpaired) electrons. The molecule has 0 saturated heterocycles. The maximum Gasteiger partial charge on any atom is 0.0207 e. The molecule has 0 aliphatic carbocycles. The summed E-state index contributed by atoms with van der Waals surface area (Å²) in [4.78, 5) is 2.65. The van der Waals surface area contributed by atoms with Gasteiger partial charge in [0.2, 0.25) is 0 Å². The van der Waals surface area contributed by atoms with Crippen LogP contribution in [-0.2, 0) is 6.42 Å². The highest BCUT2D eigenvalue weighted by Gasteiger charge is 2.21. The standard InChI is InChI=1S/C47H42S/c1-6-32(5)21-24-41-38(7-2)34(22-20-31(3)4)23-25-39(41)36-28-35(33-14-9-8-10-15-33)29-37(30-36)40-26-27-46-47-43(40)17-13-18-44(47)42-16-11-12-19-45(42)48-46/h6,8-31H,7H2,1-5H3/b22-20-,24-21-,32-6+. The molecule has 0 saturated carbocycles. The third-order valence-corrected chi connectivity index (χ3v) is 10.6. The van der Waals surface area contributed by atoms with Crippen molar-refractivity contribution in [2.24, 2.45) is 5.92 Å². The van der Waals surface area contributed by atoms with Gasteiger partial charge in [0.25, 0.3) is 0 Å². The Balaban J connectivity index is 1.49. The van der Waals surface area contributed by atoms with Crippen LogP contribution in [0.3, 0.4) is 0 Å². The minimum atomic E-state index is 0.498. The lowest BCUT2D eigenvalue weighted by Crippen LogP contribution is -1.97. The Bertz CT molecular complexity index is 2230. The van der Waals surface area contributed by atoms with E-state index >= 15 is 0 Å². The molecule has 0 atom stereocenters. The van der Waals surface area contributed by atoms with Gasteiger partial charge in [-0.15, -0.1) is 0 Å². The van der Waals surface area contributed by atoms with Gasteiger partial charge in [-0.2, -0.15) is 0 Å². The molecule has 1 heterocycles. The van der Waals surface area contributed by atoms with Gasteiger partial charge in [-0.25, -0.2) is 0 Å². The van der Waals surface area contributed by atoms with Crippen LogP contribution in [-0.4, -0.2) is 0 Å². The molecule has 6 aromatic rings. The van der Waals surface area contributed by atoms with Crippen LogP contribution in [0.2, 0.25) is 0 Å². The van der Waals surface area contributed by atoms with Crippen LogP contribution in [0.1, 0.15) is 51.3 Å². The number of rotatable bonds is 8. The molecule has 0 aromatic heterocycles. The summed E-state index contributed by atoms with van der Waals surface area (Å²) in [7, 11) is 0. The minimum absolute atomic E-state index is 0.498. The van der Waals surface area contributed by atoms with E-state index in [1.807, 2.05) is 11.8 Å². The largest absolute Gasteiger partial charge is 0.0888 e. The number of benzene rings is 6. The van der Waals surface area contributed by atoms with Gasteiger partial charge in [-0.3, -0.25) is 0 Å². The van der Waals surface area contributed by atoms with Gasteiger partial charge in [0.1, 0.15) is 0 Å². The van der Waals surface area contributed by atoms with Crippen LogP contribution in [0.15, 0.2) is 149 Å². The first-order chi connectivity index (χ1) is 23.4. The zero-order valence-corrected chi connectivity index (χ0v) is 29.4. The van der Waals surface area contributed by atoms with Crippen molar-refractivity contribution in [3.05, 3.63) is 156 Å². The van der Waals surface area contributed by atoms with Crippen molar-refractivity contribution in [3.63, 3.8) is 0 Å². The van der Waals surface area contributed by atoms with E-state index in [0.29, 0.717) is 5.92 Å². The van der Waals surface area contributed by atoms with Gasteiger partial charge in [0.05, 0.1) is 0 Å². The van der Waals surface area contributed by atoms with E-state index in [9.17, 15) is 0 Å². The Hall–Kier alpha value is -4.85. The summed E-state index contributed by atoms with van der Waals surface area (Å²) in [6, 6.07) is 42.9. The lowest BCUT2D eigenvalue weighted by Gasteiger charge is -2.22. The summed E-state index contributed by atoms with van der Waals surface area (Å²) in [6.07, 6.45) is 12.3. The molecule has 1 aliphatic rings. The average Bonchev–Trinajstić information content (AvgIpc) is 3.13. The van der Waals surface area contributed by atoms with E-state index in [4.69, 9.17) is 0 Å². The van der Waals surface area contributed by atoms with E-state index in [1.54, 1.807) is 0 Å². The highest BCUT2D eigenvalue weighted by atomic mass is 32.2. The van der Waals surface area contributed by atoms with Crippen molar-refractivity contribution in [1.29, 1.82) is 0 Å². The summed E-state index contributed by atoms with van der Waals surface area (Å²) in [5, 5.41) is 2.65. The van der Waals surface area contributed by atoms with Crippen LogP contribution in [0.4, 0.5) is 0 Å². The summed E-state index contributed by atoms with van der Waals surface area (Å²) >= 11 is 1.88. The highest BCUT2D eigenvalue weighted by Crippen LogP contribution is 2.50. The zero-order valence-electron chi connectivity index (χ0n) is 28.5. The Morgan fingerprint density at radius 2 is 1.35 bits per heavy atom. The van der Waals surface area contributed by atoms with E-state index in [1.165, 1.54) is 87.3 Å². The van der Waals surface area contributed by atoms with Gasteiger partial charge in [-0.05, 0) is 123 Å². The second-order valence-electron chi connectivity index (χ2n) is 13.0. The molecule has 1 heteroatoms. The van der Waals surface area contributed by atoms with Gasteiger partial charge < -0.3 is 0 Å². The molecule has 236 valence electrons. The molecule has 0 spiro atoms. The van der Waals surface area contributed by atoms with Crippen LogP contribution in [0.5, 0.6) is 0 Å². The second-order valence-corrected chi connectivity index (χ2v) is 14.1. The maximum atomic E-state index is 2.42. The molecule has 6 aromatic carbocycles. The molecule has 0 N–H and O–H groups in total. The summed E-state index contributed by atoms with van der Waals surface area (Å²) in [6.45, 7) is 11.0. The Kier molecular flexibility index (Phi) is 9.06. The summed E-state index contributed by atoms with van der Waals surface area (Å²) in [5.41, 5.74) is 15.3. The lowest BCUT2D eigenvalue weighted by molar-refractivity contribution is 0.836. The molecule has 0 amide bonds. The predicted molar refractivity (Wildman–Crippen MR) is 212 cm³/mol. The molecule has 1 aliphatic heterocycles. The SMILES string of the molecule is C/C=C(C)/C=C\c1c(-c2cc(-c3ccccc3)cc(-c3ccc4c5c(cccc35)-c3ccccc3S4)c2)ccc(/C=C\C(C)C)c1CC. The number of allylic oxidation sites excluding steroid dienone is 4. The third kappa shape index (κ3) is 6.12.